The summed E-state index contributed by atoms with van der Waals surface area (Å²) < 4.78 is 5.63. The van der Waals surface area contributed by atoms with E-state index in [1.807, 2.05) is 23.1 Å². The van der Waals surface area contributed by atoms with E-state index in [-0.39, 0.29) is 17.9 Å². The number of rotatable bonds is 7. The summed E-state index contributed by atoms with van der Waals surface area (Å²) in [6.07, 6.45) is 2.53. The van der Waals surface area contributed by atoms with Crippen LogP contribution in [0.3, 0.4) is 0 Å². The molecule has 2 aromatic rings. The smallest absolute Gasteiger partial charge is 0.253 e. The van der Waals surface area contributed by atoms with Crippen molar-refractivity contribution in [3.8, 4) is 5.75 Å². The number of piperidine rings is 1. The lowest BCUT2D eigenvalue weighted by Gasteiger charge is -2.32. The molecule has 7 heteroatoms. The van der Waals surface area contributed by atoms with Gasteiger partial charge in [0.15, 0.2) is 0 Å². The fourth-order valence-corrected chi connectivity index (χ4v) is 3.72. The largest absolute Gasteiger partial charge is 0.492 e. The van der Waals surface area contributed by atoms with Crippen molar-refractivity contribution in [2.24, 2.45) is 0 Å². The maximum absolute atomic E-state index is 12.4. The average Bonchev–Trinajstić information content (AvgIpc) is 2.73. The number of hydrogen-bond donors (Lipinski definition) is 1. The van der Waals surface area contributed by atoms with Crippen LogP contribution >= 0.6 is 23.2 Å². The highest BCUT2D eigenvalue weighted by Crippen LogP contribution is 2.23. The predicted molar refractivity (Wildman–Crippen MR) is 115 cm³/mol. The van der Waals surface area contributed by atoms with Crippen LogP contribution in [0, 0.1) is 0 Å². The molecule has 0 atom stereocenters. The molecule has 3 rings (SSSR count). The van der Waals surface area contributed by atoms with Crippen LogP contribution in [-0.2, 0) is 4.79 Å². The lowest BCUT2D eigenvalue weighted by molar-refractivity contribution is -0.132. The Morgan fingerprint density at radius 2 is 1.66 bits per heavy atom. The van der Waals surface area contributed by atoms with Gasteiger partial charge in [-0.3, -0.25) is 9.59 Å². The van der Waals surface area contributed by atoms with Crippen LogP contribution < -0.4 is 10.1 Å². The van der Waals surface area contributed by atoms with Crippen molar-refractivity contribution in [1.82, 2.24) is 10.2 Å². The Hall–Kier alpha value is -2.24. The second kappa shape index (κ2) is 10.5. The molecule has 154 valence electrons. The van der Waals surface area contributed by atoms with Crippen molar-refractivity contribution in [3.63, 3.8) is 0 Å². The number of nitrogens with zero attached hydrogens (tertiary/aromatic N) is 1. The number of para-hydroxylation sites is 1. The number of likely N-dealkylation sites (tertiary alicyclic amines) is 1. The molecular weight excluding hydrogens is 411 g/mol. The Labute approximate surface area is 180 Å². The first-order chi connectivity index (χ1) is 14.0. The molecule has 5 nitrogen and oxygen atoms in total. The molecule has 2 amide bonds. The van der Waals surface area contributed by atoms with Gasteiger partial charge in [-0.15, -0.1) is 0 Å². The number of nitrogens with one attached hydrogen (secondary N) is 1. The third kappa shape index (κ3) is 6.12. The monoisotopic (exact) mass is 434 g/mol. The SMILES string of the molecule is O=C(NC1CCN(C(=O)CCCOc2ccccc2Cl)CC1)c1ccccc1Cl. The van der Waals surface area contributed by atoms with Gasteiger partial charge in [0.25, 0.3) is 5.91 Å². The first kappa shape index (κ1) is 21.5. The van der Waals surface area contributed by atoms with E-state index in [1.54, 1.807) is 30.3 Å². The minimum atomic E-state index is -0.169. The minimum Gasteiger partial charge on any atom is -0.492 e. The number of halogens is 2. The highest BCUT2D eigenvalue weighted by Gasteiger charge is 2.24. The first-order valence-electron chi connectivity index (χ1n) is 9.75. The van der Waals surface area contributed by atoms with Crippen molar-refractivity contribution in [2.75, 3.05) is 19.7 Å². The second-order valence-corrected chi connectivity index (χ2v) is 7.81. The highest BCUT2D eigenvalue weighted by atomic mass is 35.5. The third-order valence-electron chi connectivity index (χ3n) is 4.93. The van der Waals surface area contributed by atoms with Gasteiger partial charge >= 0.3 is 0 Å². The van der Waals surface area contributed by atoms with Gasteiger partial charge in [0.2, 0.25) is 5.91 Å². The van der Waals surface area contributed by atoms with Gasteiger partial charge in [-0.1, -0.05) is 47.5 Å². The van der Waals surface area contributed by atoms with E-state index >= 15 is 0 Å². The average molecular weight is 435 g/mol. The normalized spacial score (nSPS) is 14.5. The summed E-state index contributed by atoms with van der Waals surface area (Å²) in [6, 6.07) is 14.3. The molecule has 1 aliphatic heterocycles. The van der Waals surface area contributed by atoms with Crippen molar-refractivity contribution in [1.29, 1.82) is 0 Å². The van der Waals surface area contributed by atoms with Gasteiger partial charge in [-0.25, -0.2) is 0 Å². The number of ether oxygens (including phenoxy) is 1. The van der Waals surface area contributed by atoms with E-state index in [0.29, 0.717) is 53.9 Å². The van der Waals surface area contributed by atoms with E-state index < -0.39 is 0 Å². The Morgan fingerprint density at radius 3 is 2.34 bits per heavy atom. The number of benzene rings is 2. The predicted octanol–water partition coefficient (Wildman–Crippen LogP) is 4.57. The maximum Gasteiger partial charge on any atom is 0.253 e. The van der Waals surface area contributed by atoms with Crippen molar-refractivity contribution >= 4 is 35.0 Å². The van der Waals surface area contributed by atoms with Crippen LogP contribution in [0.2, 0.25) is 10.0 Å². The summed E-state index contributed by atoms with van der Waals surface area (Å²) in [4.78, 5) is 26.6. The van der Waals surface area contributed by atoms with E-state index in [9.17, 15) is 9.59 Å². The lowest BCUT2D eigenvalue weighted by atomic mass is 10.0. The number of amides is 2. The molecule has 29 heavy (non-hydrogen) atoms. The number of hydrogen-bond acceptors (Lipinski definition) is 3. The molecule has 0 unspecified atom stereocenters. The van der Waals surface area contributed by atoms with E-state index in [1.165, 1.54) is 0 Å². The van der Waals surface area contributed by atoms with Gasteiger partial charge < -0.3 is 15.0 Å². The zero-order chi connectivity index (χ0) is 20.6. The Bertz CT molecular complexity index is 851. The Balaban J connectivity index is 1.36. The molecular formula is C22H24Cl2N2O3. The maximum atomic E-state index is 12.4. The highest BCUT2D eigenvalue weighted by molar-refractivity contribution is 6.33. The Kier molecular flexibility index (Phi) is 7.78. The van der Waals surface area contributed by atoms with Gasteiger partial charge in [-0.2, -0.15) is 0 Å². The molecule has 0 aliphatic carbocycles. The van der Waals surface area contributed by atoms with Gasteiger partial charge in [-0.05, 0) is 43.5 Å². The molecule has 0 spiro atoms. The summed E-state index contributed by atoms with van der Waals surface area (Å²) in [7, 11) is 0. The summed E-state index contributed by atoms with van der Waals surface area (Å²) in [5.74, 6) is 0.581. The van der Waals surface area contributed by atoms with Gasteiger partial charge in [0.1, 0.15) is 5.75 Å². The molecule has 0 aromatic heterocycles. The molecule has 1 heterocycles. The molecule has 0 bridgehead atoms. The van der Waals surface area contributed by atoms with Gasteiger partial charge in [0, 0.05) is 25.6 Å². The van der Waals surface area contributed by atoms with Crippen LogP contribution in [0.25, 0.3) is 0 Å². The summed E-state index contributed by atoms with van der Waals surface area (Å²) in [6.45, 7) is 1.72. The molecule has 0 saturated carbocycles. The fourth-order valence-electron chi connectivity index (χ4n) is 3.31. The lowest BCUT2D eigenvalue weighted by Crippen LogP contribution is -2.46. The molecule has 1 aliphatic rings. The van der Waals surface area contributed by atoms with Crippen LogP contribution in [0.15, 0.2) is 48.5 Å². The van der Waals surface area contributed by atoms with E-state index in [4.69, 9.17) is 27.9 Å². The van der Waals surface area contributed by atoms with Crippen molar-refractivity contribution < 1.29 is 14.3 Å². The van der Waals surface area contributed by atoms with Crippen LogP contribution in [0.1, 0.15) is 36.0 Å². The topological polar surface area (TPSA) is 58.6 Å². The number of carbonyl (C=O) groups is 2. The van der Waals surface area contributed by atoms with E-state index in [0.717, 1.165) is 12.8 Å². The number of carbonyl (C=O) groups excluding carboxylic acids is 2. The zero-order valence-electron chi connectivity index (χ0n) is 16.1. The molecule has 1 saturated heterocycles. The quantitative estimate of drug-likeness (QED) is 0.648. The Morgan fingerprint density at radius 1 is 1.00 bits per heavy atom. The first-order valence-corrected chi connectivity index (χ1v) is 10.5. The molecule has 1 N–H and O–H groups in total. The van der Waals surface area contributed by atoms with Crippen molar-refractivity contribution in [2.45, 2.75) is 31.7 Å². The van der Waals surface area contributed by atoms with Gasteiger partial charge in [0.05, 0.1) is 22.2 Å². The van der Waals surface area contributed by atoms with Crippen molar-refractivity contribution in [3.05, 3.63) is 64.1 Å². The van der Waals surface area contributed by atoms with Crippen LogP contribution in [0.5, 0.6) is 5.75 Å². The summed E-state index contributed by atoms with van der Waals surface area (Å²) >= 11 is 12.1. The standard InChI is InChI=1S/C22H24Cl2N2O3/c23-18-7-2-1-6-17(18)22(28)25-16-11-13-26(14-12-16)21(27)10-5-15-29-20-9-4-3-8-19(20)24/h1-4,6-9,16H,5,10-15H2,(H,25,28). The molecule has 2 aromatic carbocycles. The zero-order valence-corrected chi connectivity index (χ0v) is 17.6. The van der Waals surface area contributed by atoms with Crippen LogP contribution in [-0.4, -0.2) is 42.5 Å². The van der Waals surface area contributed by atoms with Crippen LogP contribution in [0.4, 0.5) is 0 Å². The summed E-state index contributed by atoms with van der Waals surface area (Å²) in [5.41, 5.74) is 0.478. The third-order valence-corrected chi connectivity index (χ3v) is 5.57. The second-order valence-electron chi connectivity index (χ2n) is 6.99. The fraction of sp³-hybridized carbons (Fsp3) is 0.364. The van der Waals surface area contributed by atoms with E-state index in [2.05, 4.69) is 5.32 Å². The summed E-state index contributed by atoms with van der Waals surface area (Å²) in [5, 5.41) is 4.03. The minimum absolute atomic E-state index is 0.0476. The molecule has 0 radical (unpaired) electrons. The molecule has 1 fully saturated rings.